The van der Waals surface area contributed by atoms with Crippen LogP contribution in [-0.2, 0) is 6.42 Å². The predicted molar refractivity (Wildman–Crippen MR) is 65.1 cm³/mol. The van der Waals surface area contributed by atoms with Gasteiger partial charge >= 0.3 is 0 Å². The van der Waals surface area contributed by atoms with Crippen LogP contribution in [0.15, 0.2) is 30.6 Å². The van der Waals surface area contributed by atoms with Gasteiger partial charge in [0.05, 0.1) is 5.69 Å². The SMILES string of the molecule is Cc1nccn1-c1cccc2c1CCCN2. The van der Waals surface area contributed by atoms with Gasteiger partial charge in [0.2, 0.25) is 0 Å². The lowest BCUT2D eigenvalue weighted by molar-refractivity contribution is 0.814. The summed E-state index contributed by atoms with van der Waals surface area (Å²) in [6, 6.07) is 6.43. The van der Waals surface area contributed by atoms with Crippen molar-refractivity contribution in [3.05, 3.63) is 42.0 Å². The molecule has 0 aliphatic carbocycles. The van der Waals surface area contributed by atoms with Gasteiger partial charge in [0, 0.05) is 24.6 Å². The second kappa shape index (κ2) is 3.67. The van der Waals surface area contributed by atoms with E-state index in [0.29, 0.717) is 0 Å². The van der Waals surface area contributed by atoms with Gasteiger partial charge in [-0.05, 0) is 37.5 Å². The molecule has 1 aliphatic heterocycles. The molecule has 0 radical (unpaired) electrons. The lowest BCUT2D eigenvalue weighted by atomic mass is 10.0. The van der Waals surface area contributed by atoms with Crippen molar-refractivity contribution in [3.63, 3.8) is 0 Å². The molecule has 0 fully saturated rings. The highest BCUT2D eigenvalue weighted by atomic mass is 15.1. The predicted octanol–water partition coefficient (Wildman–Crippen LogP) is 2.54. The maximum absolute atomic E-state index is 4.28. The van der Waals surface area contributed by atoms with Gasteiger partial charge < -0.3 is 9.88 Å². The molecule has 1 aliphatic rings. The van der Waals surface area contributed by atoms with Gasteiger partial charge in [-0.25, -0.2) is 4.98 Å². The van der Waals surface area contributed by atoms with Crippen LogP contribution < -0.4 is 5.32 Å². The zero-order valence-electron chi connectivity index (χ0n) is 9.40. The third-order valence-corrected chi connectivity index (χ3v) is 3.16. The van der Waals surface area contributed by atoms with E-state index in [0.717, 1.165) is 18.8 Å². The van der Waals surface area contributed by atoms with Crippen LogP contribution in [0.3, 0.4) is 0 Å². The topological polar surface area (TPSA) is 29.9 Å². The van der Waals surface area contributed by atoms with E-state index in [2.05, 4.69) is 33.1 Å². The summed E-state index contributed by atoms with van der Waals surface area (Å²) in [6.45, 7) is 3.12. The van der Waals surface area contributed by atoms with Crippen molar-refractivity contribution in [1.82, 2.24) is 9.55 Å². The number of rotatable bonds is 1. The summed E-state index contributed by atoms with van der Waals surface area (Å²) in [7, 11) is 0. The third-order valence-electron chi connectivity index (χ3n) is 3.16. The van der Waals surface area contributed by atoms with Crippen LogP contribution in [0.25, 0.3) is 5.69 Å². The molecular weight excluding hydrogens is 198 g/mol. The molecule has 0 spiro atoms. The number of benzene rings is 1. The zero-order chi connectivity index (χ0) is 11.0. The van der Waals surface area contributed by atoms with Crippen LogP contribution in [0, 0.1) is 6.92 Å². The summed E-state index contributed by atoms with van der Waals surface area (Å²) in [5, 5.41) is 3.45. The first-order valence-electron chi connectivity index (χ1n) is 5.72. The van der Waals surface area contributed by atoms with Crippen molar-refractivity contribution in [2.45, 2.75) is 19.8 Å². The number of aromatic nitrogens is 2. The van der Waals surface area contributed by atoms with Crippen LogP contribution in [0.2, 0.25) is 0 Å². The Kier molecular flexibility index (Phi) is 2.17. The highest BCUT2D eigenvalue weighted by Gasteiger charge is 2.14. The van der Waals surface area contributed by atoms with Gasteiger partial charge in [0.15, 0.2) is 0 Å². The minimum Gasteiger partial charge on any atom is -0.385 e. The Morgan fingerprint density at radius 2 is 2.31 bits per heavy atom. The molecule has 0 amide bonds. The van der Waals surface area contributed by atoms with Crippen molar-refractivity contribution in [2.75, 3.05) is 11.9 Å². The number of hydrogen-bond acceptors (Lipinski definition) is 2. The first kappa shape index (κ1) is 9.46. The van der Waals surface area contributed by atoms with Crippen molar-refractivity contribution < 1.29 is 0 Å². The molecule has 3 nitrogen and oxygen atoms in total. The van der Waals surface area contributed by atoms with Crippen LogP contribution in [0.1, 0.15) is 17.8 Å². The second-order valence-corrected chi connectivity index (χ2v) is 4.18. The zero-order valence-corrected chi connectivity index (χ0v) is 9.40. The largest absolute Gasteiger partial charge is 0.385 e. The number of hydrogen-bond donors (Lipinski definition) is 1. The molecule has 0 atom stereocenters. The number of fused-ring (bicyclic) bond motifs is 1. The number of aryl methyl sites for hydroxylation is 1. The van der Waals surface area contributed by atoms with E-state index < -0.39 is 0 Å². The van der Waals surface area contributed by atoms with Gasteiger partial charge in [-0.2, -0.15) is 0 Å². The van der Waals surface area contributed by atoms with Gasteiger partial charge in [-0.1, -0.05) is 6.07 Å². The maximum atomic E-state index is 4.28. The summed E-state index contributed by atoms with van der Waals surface area (Å²) >= 11 is 0. The monoisotopic (exact) mass is 213 g/mol. The fraction of sp³-hybridized carbons (Fsp3) is 0.308. The number of imidazole rings is 1. The van der Waals surface area contributed by atoms with E-state index in [1.165, 1.54) is 23.4 Å². The molecule has 16 heavy (non-hydrogen) atoms. The number of nitrogens with zero attached hydrogens (tertiary/aromatic N) is 2. The van der Waals surface area contributed by atoms with E-state index >= 15 is 0 Å². The smallest absolute Gasteiger partial charge is 0.110 e. The van der Waals surface area contributed by atoms with E-state index in [4.69, 9.17) is 0 Å². The second-order valence-electron chi connectivity index (χ2n) is 4.18. The molecule has 2 aromatic rings. The van der Waals surface area contributed by atoms with Crippen molar-refractivity contribution in [1.29, 1.82) is 0 Å². The summed E-state index contributed by atoms with van der Waals surface area (Å²) in [5.74, 6) is 1.04. The maximum Gasteiger partial charge on any atom is 0.110 e. The molecule has 1 aromatic carbocycles. The molecule has 1 N–H and O–H groups in total. The van der Waals surface area contributed by atoms with Crippen LogP contribution in [-0.4, -0.2) is 16.1 Å². The highest BCUT2D eigenvalue weighted by molar-refractivity contribution is 5.62. The van der Waals surface area contributed by atoms with Crippen LogP contribution in [0.5, 0.6) is 0 Å². The molecular formula is C13H15N3. The van der Waals surface area contributed by atoms with Crippen molar-refractivity contribution in [2.24, 2.45) is 0 Å². The lowest BCUT2D eigenvalue weighted by Crippen LogP contribution is -2.14. The Hall–Kier alpha value is -1.77. The quantitative estimate of drug-likeness (QED) is 0.789. The van der Waals surface area contributed by atoms with E-state index in [-0.39, 0.29) is 0 Å². The summed E-state index contributed by atoms with van der Waals surface area (Å²) in [6.07, 6.45) is 6.23. The Morgan fingerprint density at radius 3 is 3.12 bits per heavy atom. The van der Waals surface area contributed by atoms with Gasteiger partial charge in [-0.15, -0.1) is 0 Å². The molecule has 0 bridgehead atoms. The summed E-state index contributed by atoms with van der Waals surface area (Å²) < 4.78 is 2.16. The normalized spacial score (nSPS) is 14.3. The molecule has 3 rings (SSSR count). The fourth-order valence-electron chi connectivity index (χ4n) is 2.35. The molecule has 3 heteroatoms. The highest BCUT2D eigenvalue weighted by Crippen LogP contribution is 2.28. The Bertz CT molecular complexity index is 514. The lowest BCUT2D eigenvalue weighted by Gasteiger charge is -2.21. The Labute approximate surface area is 95.1 Å². The average molecular weight is 213 g/mol. The van der Waals surface area contributed by atoms with Crippen LogP contribution in [0.4, 0.5) is 5.69 Å². The number of anilines is 1. The molecule has 1 aromatic heterocycles. The molecule has 0 unspecified atom stereocenters. The van der Waals surface area contributed by atoms with Gasteiger partial charge in [-0.3, -0.25) is 0 Å². The van der Waals surface area contributed by atoms with E-state index in [1.54, 1.807) is 0 Å². The van der Waals surface area contributed by atoms with Gasteiger partial charge in [0.25, 0.3) is 0 Å². The summed E-state index contributed by atoms with van der Waals surface area (Å²) in [5.41, 5.74) is 3.95. The van der Waals surface area contributed by atoms with Crippen LogP contribution >= 0.6 is 0 Å². The molecule has 0 saturated heterocycles. The van der Waals surface area contributed by atoms with E-state index in [1.807, 2.05) is 19.3 Å². The first-order chi connectivity index (χ1) is 7.86. The van der Waals surface area contributed by atoms with Gasteiger partial charge in [0.1, 0.15) is 5.82 Å². The fourth-order valence-corrected chi connectivity index (χ4v) is 2.35. The molecule has 0 saturated carbocycles. The summed E-state index contributed by atoms with van der Waals surface area (Å²) in [4.78, 5) is 4.28. The molecule has 2 heterocycles. The Morgan fingerprint density at radius 1 is 1.38 bits per heavy atom. The molecule has 82 valence electrons. The standard InChI is InChI=1S/C13H15N3/c1-10-14-8-9-16(10)13-6-2-5-12-11(13)4-3-7-15-12/h2,5-6,8-9,15H,3-4,7H2,1H3. The minimum atomic E-state index is 1.04. The average Bonchev–Trinajstić information content (AvgIpc) is 2.75. The third kappa shape index (κ3) is 1.40. The van der Waals surface area contributed by atoms with Crippen molar-refractivity contribution >= 4 is 5.69 Å². The van der Waals surface area contributed by atoms with E-state index in [9.17, 15) is 0 Å². The minimum absolute atomic E-state index is 1.04. The van der Waals surface area contributed by atoms with Crippen molar-refractivity contribution in [3.8, 4) is 5.69 Å². The first-order valence-corrected chi connectivity index (χ1v) is 5.72. The Balaban J connectivity index is 2.18. The number of nitrogens with one attached hydrogen (secondary N) is 1.